The second-order valence-electron chi connectivity index (χ2n) is 6.01. The maximum Gasteiger partial charge on any atom is 0.321 e. The second-order valence-corrected chi connectivity index (χ2v) is 6.01. The molecule has 0 aromatic rings. The van der Waals surface area contributed by atoms with Crippen molar-refractivity contribution < 1.29 is 9.90 Å². The van der Waals surface area contributed by atoms with E-state index in [2.05, 4.69) is 25.7 Å². The van der Waals surface area contributed by atoms with Gasteiger partial charge in [-0.25, -0.2) is 0 Å². The molecule has 1 aliphatic carbocycles. The van der Waals surface area contributed by atoms with Gasteiger partial charge in [-0.15, -0.1) is 0 Å². The highest BCUT2D eigenvalue weighted by Crippen LogP contribution is 2.45. The fourth-order valence-electron chi connectivity index (χ4n) is 3.22. The summed E-state index contributed by atoms with van der Waals surface area (Å²) in [5, 5.41) is 9.21. The number of carboxylic acids is 1. The van der Waals surface area contributed by atoms with Crippen LogP contribution in [0.25, 0.3) is 0 Å². The summed E-state index contributed by atoms with van der Waals surface area (Å²) in [6, 6.07) is 0.289. The van der Waals surface area contributed by atoms with Crippen LogP contribution in [0.15, 0.2) is 0 Å². The quantitative estimate of drug-likeness (QED) is 0.759. The lowest BCUT2D eigenvalue weighted by Gasteiger charge is -2.48. The van der Waals surface area contributed by atoms with Crippen molar-refractivity contribution in [1.29, 1.82) is 0 Å². The molecular formula is C12H21NO2. The standard InChI is InChI=1S/C12H21NO2/c1-8-4-5-13(10(8)11(14)15)9-6-12(2,3)7-9/h8-10H,4-7H2,1-3H3,(H,14,15). The molecule has 1 N–H and O–H groups in total. The van der Waals surface area contributed by atoms with E-state index in [4.69, 9.17) is 0 Å². The predicted octanol–water partition coefficient (Wildman–Crippen LogP) is 1.97. The number of likely N-dealkylation sites (tertiary alicyclic amines) is 1. The molecule has 1 saturated heterocycles. The van der Waals surface area contributed by atoms with E-state index >= 15 is 0 Å². The lowest BCUT2D eigenvalue weighted by atomic mass is 9.67. The van der Waals surface area contributed by atoms with Gasteiger partial charge in [0, 0.05) is 6.04 Å². The number of hydrogen-bond donors (Lipinski definition) is 1. The minimum absolute atomic E-state index is 0.230. The molecule has 0 aromatic heterocycles. The van der Waals surface area contributed by atoms with E-state index in [9.17, 15) is 9.90 Å². The Kier molecular flexibility index (Phi) is 2.53. The molecule has 0 aromatic carbocycles. The molecule has 0 spiro atoms. The predicted molar refractivity (Wildman–Crippen MR) is 58.7 cm³/mol. The van der Waals surface area contributed by atoms with Crippen LogP contribution >= 0.6 is 0 Å². The fourth-order valence-corrected chi connectivity index (χ4v) is 3.22. The minimum atomic E-state index is -0.635. The third-order valence-corrected chi connectivity index (χ3v) is 4.04. The first-order valence-electron chi connectivity index (χ1n) is 5.89. The van der Waals surface area contributed by atoms with Crippen molar-refractivity contribution in [3.05, 3.63) is 0 Å². The summed E-state index contributed by atoms with van der Waals surface area (Å²) in [4.78, 5) is 13.4. The highest BCUT2D eigenvalue weighted by Gasteiger charge is 2.47. The van der Waals surface area contributed by atoms with Crippen molar-refractivity contribution in [1.82, 2.24) is 4.90 Å². The molecule has 2 atom stereocenters. The van der Waals surface area contributed by atoms with Crippen molar-refractivity contribution in [3.8, 4) is 0 Å². The van der Waals surface area contributed by atoms with Gasteiger partial charge in [0.05, 0.1) is 0 Å². The molecule has 2 aliphatic rings. The van der Waals surface area contributed by atoms with E-state index in [1.54, 1.807) is 0 Å². The van der Waals surface area contributed by atoms with Crippen LogP contribution in [0.4, 0.5) is 0 Å². The smallest absolute Gasteiger partial charge is 0.321 e. The van der Waals surface area contributed by atoms with Gasteiger partial charge in [0.25, 0.3) is 0 Å². The van der Waals surface area contributed by atoms with E-state index in [0.717, 1.165) is 25.8 Å². The molecule has 0 radical (unpaired) electrons. The van der Waals surface area contributed by atoms with Crippen molar-refractivity contribution >= 4 is 5.97 Å². The molecule has 3 heteroatoms. The summed E-state index contributed by atoms with van der Waals surface area (Å²) in [7, 11) is 0. The molecule has 2 fully saturated rings. The van der Waals surface area contributed by atoms with Gasteiger partial charge in [-0.1, -0.05) is 20.8 Å². The van der Waals surface area contributed by atoms with Gasteiger partial charge in [0.2, 0.25) is 0 Å². The maximum absolute atomic E-state index is 11.2. The zero-order valence-electron chi connectivity index (χ0n) is 9.86. The van der Waals surface area contributed by atoms with Crippen LogP contribution in [0.5, 0.6) is 0 Å². The molecule has 3 nitrogen and oxygen atoms in total. The normalized spacial score (nSPS) is 36.5. The van der Waals surface area contributed by atoms with Crippen LogP contribution in [-0.4, -0.2) is 34.6 Å². The topological polar surface area (TPSA) is 40.5 Å². The van der Waals surface area contributed by atoms with Gasteiger partial charge in [0.15, 0.2) is 0 Å². The lowest BCUT2D eigenvalue weighted by Crippen LogP contribution is -2.53. The third kappa shape index (κ3) is 1.89. The van der Waals surface area contributed by atoms with Gasteiger partial charge in [-0.05, 0) is 37.1 Å². The number of carbonyl (C=O) groups is 1. The second kappa shape index (κ2) is 3.48. The molecule has 2 unspecified atom stereocenters. The Morgan fingerprint density at radius 3 is 2.47 bits per heavy atom. The fraction of sp³-hybridized carbons (Fsp3) is 0.917. The first-order chi connectivity index (χ1) is 6.91. The molecule has 0 bridgehead atoms. The summed E-state index contributed by atoms with van der Waals surface area (Å²) < 4.78 is 0. The minimum Gasteiger partial charge on any atom is -0.480 e. The monoisotopic (exact) mass is 211 g/mol. The number of aliphatic carboxylic acids is 1. The average molecular weight is 211 g/mol. The summed E-state index contributed by atoms with van der Waals surface area (Å²) in [5.41, 5.74) is 0.430. The van der Waals surface area contributed by atoms with Crippen molar-refractivity contribution in [2.24, 2.45) is 11.3 Å². The Morgan fingerprint density at radius 1 is 1.40 bits per heavy atom. The van der Waals surface area contributed by atoms with E-state index in [-0.39, 0.29) is 6.04 Å². The molecule has 0 amide bonds. The Bertz CT molecular complexity index is 267. The largest absolute Gasteiger partial charge is 0.480 e. The first-order valence-corrected chi connectivity index (χ1v) is 5.89. The van der Waals surface area contributed by atoms with E-state index in [0.29, 0.717) is 17.4 Å². The van der Waals surface area contributed by atoms with Gasteiger partial charge in [-0.3, -0.25) is 9.69 Å². The lowest BCUT2D eigenvalue weighted by molar-refractivity contribution is -0.146. The zero-order chi connectivity index (χ0) is 11.2. The highest BCUT2D eigenvalue weighted by molar-refractivity contribution is 5.74. The van der Waals surface area contributed by atoms with E-state index < -0.39 is 5.97 Å². The molecule has 1 saturated carbocycles. The molecule has 1 aliphatic heterocycles. The SMILES string of the molecule is CC1CCN(C2CC(C)(C)C2)C1C(=O)O. The highest BCUT2D eigenvalue weighted by atomic mass is 16.4. The Hall–Kier alpha value is -0.570. The number of carboxylic acid groups (broad SMARTS) is 1. The van der Waals surface area contributed by atoms with Crippen molar-refractivity contribution in [2.75, 3.05) is 6.54 Å². The van der Waals surface area contributed by atoms with Gasteiger partial charge >= 0.3 is 5.97 Å². The third-order valence-electron chi connectivity index (χ3n) is 4.04. The van der Waals surface area contributed by atoms with Gasteiger partial charge < -0.3 is 5.11 Å². The molecular weight excluding hydrogens is 190 g/mol. The Labute approximate surface area is 91.5 Å². The van der Waals surface area contributed by atoms with Gasteiger partial charge in [0.1, 0.15) is 6.04 Å². The number of hydrogen-bond acceptors (Lipinski definition) is 2. The molecule has 2 rings (SSSR count). The average Bonchev–Trinajstić information content (AvgIpc) is 2.42. The van der Waals surface area contributed by atoms with Crippen LogP contribution in [0.2, 0.25) is 0 Å². The molecule has 86 valence electrons. The summed E-state index contributed by atoms with van der Waals surface area (Å²) in [6.07, 6.45) is 3.35. The summed E-state index contributed by atoms with van der Waals surface area (Å²) in [5.74, 6) is -0.323. The van der Waals surface area contributed by atoms with Crippen molar-refractivity contribution in [3.63, 3.8) is 0 Å². The first kappa shape index (κ1) is 10.9. The maximum atomic E-state index is 11.2. The van der Waals surface area contributed by atoms with Gasteiger partial charge in [-0.2, -0.15) is 0 Å². The number of rotatable bonds is 2. The van der Waals surface area contributed by atoms with Crippen LogP contribution in [0.1, 0.15) is 40.0 Å². The Morgan fingerprint density at radius 2 is 2.00 bits per heavy atom. The molecule has 1 heterocycles. The van der Waals surface area contributed by atoms with E-state index in [1.165, 1.54) is 0 Å². The van der Waals surface area contributed by atoms with Crippen LogP contribution in [0, 0.1) is 11.3 Å². The van der Waals surface area contributed by atoms with E-state index in [1.807, 2.05) is 0 Å². The summed E-state index contributed by atoms with van der Waals surface area (Å²) >= 11 is 0. The number of nitrogens with zero attached hydrogens (tertiary/aromatic N) is 1. The summed E-state index contributed by atoms with van der Waals surface area (Å²) in [6.45, 7) is 7.55. The Balaban J connectivity index is 2.01. The molecule has 15 heavy (non-hydrogen) atoms. The van der Waals surface area contributed by atoms with Crippen LogP contribution in [0.3, 0.4) is 0 Å². The zero-order valence-corrected chi connectivity index (χ0v) is 9.86. The van der Waals surface area contributed by atoms with Crippen LogP contribution < -0.4 is 0 Å². The van der Waals surface area contributed by atoms with Crippen LogP contribution in [-0.2, 0) is 4.79 Å². The van der Waals surface area contributed by atoms with Crippen molar-refractivity contribution in [2.45, 2.75) is 52.1 Å².